The third-order valence-electron chi connectivity index (χ3n) is 6.81. The smallest absolute Gasteiger partial charge is 0.00370 e. The number of unbranched alkanes of at least 4 members (excludes halogenated alkanes) is 2. The summed E-state index contributed by atoms with van der Waals surface area (Å²) in [6, 6.07) is 0. The van der Waals surface area contributed by atoms with Crippen LogP contribution in [0.2, 0.25) is 0 Å². The Kier molecular flexibility index (Phi) is 14.7. The molecule has 30 heavy (non-hydrogen) atoms. The molecule has 0 aromatic carbocycles. The Morgan fingerprint density at radius 3 is 0.900 bits per heavy atom. The average Bonchev–Trinajstić information content (AvgIpc) is 3.55. The zero-order valence-corrected chi connectivity index (χ0v) is 22.8. The van der Waals surface area contributed by atoms with Crippen molar-refractivity contribution >= 4 is 43.2 Å². The van der Waals surface area contributed by atoms with Crippen LogP contribution in [0.4, 0.5) is 0 Å². The molecule has 0 aliphatic heterocycles. The lowest BCUT2D eigenvalue weighted by Gasteiger charge is -2.01. The van der Waals surface area contributed by atoms with E-state index in [4.69, 9.17) is 0 Å². The van der Waals surface area contributed by atoms with Gasteiger partial charge in [-0.15, -0.1) is 0 Å². The molecule has 0 unspecified atom stereocenters. The zero-order valence-electron chi connectivity index (χ0n) is 19.5. The molecule has 4 aliphatic carbocycles. The topological polar surface area (TPSA) is 0 Å². The van der Waals surface area contributed by atoms with Crippen LogP contribution in [-0.4, -0.2) is 23.0 Å². The highest BCUT2D eigenvalue weighted by Gasteiger charge is 2.21. The van der Waals surface area contributed by atoms with E-state index in [1.165, 1.54) is 139 Å². The molecule has 4 aliphatic rings. The number of hydrogen-bond acceptors (Lipinski definition) is 4. The van der Waals surface area contributed by atoms with Crippen LogP contribution < -0.4 is 0 Å². The van der Waals surface area contributed by atoms with Crippen LogP contribution in [0.15, 0.2) is 0 Å². The minimum Gasteiger partial charge on any atom is -0.0942 e. The van der Waals surface area contributed by atoms with Crippen LogP contribution in [-0.2, 0) is 0 Å². The van der Waals surface area contributed by atoms with Gasteiger partial charge < -0.3 is 0 Å². The standard InChI is InChI=1S/C14H26S2.C12H22S2/c1(5-13-7-8-13)3-11-15-16-12-4-2-6-14-9-10-14;1(3-11-5-6-11)9-13-14-10-2-4-12-7-8-12/h13-14H,1-12H2;11-12H,1-10H2. The molecule has 0 nitrogen and oxygen atoms in total. The lowest BCUT2D eigenvalue weighted by Crippen LogP contribution is -1.83. The first-order valence-corrected chi connectivity index (χ1v) is 18.4. The van der Waals surface area contributed by atoms with Crippen molar-refractivity contribution in [2.45, 2.75) is 116 Å². The normalized spacial score (nSPS) is 20.8. The summed E-state index contributed by atoms with van der Waals surface area (Å²) in [4.78, 5) is 0. The van der Waals surface area contributed by atoms with E-state index in [-0.39, 0.29) is 0 Å². The summed E-state index contributed by atoms with van der Waals surface area (Å²) in [6.07, 6.45) is 27.1. The second-order valence-corrected chi connectivity index (χ2v) is 15.7. The van der Waals surface area contributed by atoms with Crippen molar-refractivity contribution in [1.29, 1.82) is 0 Å². The van der Waals surface area contributed by atoms with Crippen molar-refractivity contribution in [2.75, 3.05) is 23.0 Å². The fourth-order valence-electron chi connectivity index (χ4n) is 3.91. The van der Waals surface area contributed by atoms with Gasteiger partial charge >= 0.3 is 0 Å². The third kappa shape index (κ3) is 17.0. The van der Waals surface area contributed by atoms with Crippen LogP contribution in [0.3, 0.4) is 0 Å². The van der Waals surface area contributed by atoms with Gasteiger partial charge in [-0.2, -0.15) is 0 Å². The Labute approximate surface area is 204 Å². The summed E-state index contributed by atoms with van der Waals surface area (Å²) in [5.41, 5.74) is 0. The molecule has 0 atom stereocenters. The van der Waals surface area contributed by atoms with Gasteiger partial charge in [-0.3, -0.25) is 0 Å². The van der Waals surface area contributed by atoms with Crippen molar-refractivity contribution in [3.63, 3.8) is 0 Å². The maximum Gasteiger partial charge on any atom is 0.00370 e. The Morgan fingerprint density at radius 1 is 0.333 bits per heavy atom. The van der Waals surface area contributed by atoms with E-state index in [0.717, 1.165) is 23.7 Å². The molecule has 4 saturated carbocycles. The van der Waals surface area contributed by atoms with Gasteiger partial charge in [-0.05, 0) is 62.2 Å². The maximum atomic E-state index is 2.12. The van der Waals surface area contributed by atoms with Gasteiger partial charge in [0, 0.05) is 23.0 Å². The van der Waals surface area contributed by atoms with Gasteiger partial charge in [-0.1, -0.05) is 120 Å². The fraction of sp³-hybridized carbons (Fsp3) is 1.00. The van der Waals surface area contributed by atoms with E-state index in [2.05, 4.69) is 43.2 Å². The highest BCUT2D eigenvalue weighted by molar-refractivity contribution is 8.77. The quantitative estimate of drug-likeness (QED) is 0.123. The summed E-state index contributed by atoms with van der Waals surface area (Å²) >= 11 is 0. The first kappa shape index (κ1) is 26.0. The van der Waals surface area contributed by atoms with Crippen LogP contribution >= 0.6 is 43.2 Å². The van der Waals surface area contributed by atoms with E-state index in [9.17, 15) is 0 Å². The molecule has 4 heteroatoms. The Balaban J connectivity index is 0.000000172. The van der Waals surface area contributed by atoms with Crippen molar-refractivity contribution in [3.8, 4) is 0 Å². The first-order chi connectivity index (χ1) is 14.9. The third-order valence-corrected chi connectivity index (χ3v) is 12.0. The van der Waals surface area contributed by atoms with Crippen LogP contribution in [0.1, 0.15) is 116 Å². The first-order valence-electron chi connectivity index (χ1n) is 13.4. The molecular weight excluding hydrogens is 441 g/mol. The molecule has 176 valence electrons. The van der Waals surface area contributed by atoms with E-state index < -0.39 is 0 Å². The Bertz CT molecular complexity index is 362. The molecular formula is C26H48S4. The van der Waals surface area contributed by atoms with Gasteiger partial charge in [0.25, 0.3) is 0 Å². The second-order valence-electron chi connectivity index (χ2n) is 10.3. The molecule has 0 bridgehead atoms. The van der Waals surface area contributed by atoms with Gasteiger partial charge in [0.1, 0.15) is 0 Å². The van der Waals surface area contributed by atoms with Gasteiger partial charge in [-0.25, -0.2) is 0 Å². The van der Waals surface area contributed by atoms with Gasteiger partial charge in [0.05, 0.1) is 0 Å². The summed E-state index contributed by atoms with van der Waals surface area (Å²) in [5, 5.41) is 0. The number of rotatable bonds is 20. The fourth-order valence-corrected chi connectivity index (χ4v) is 8.42. The second kappa shape index (κ2) is 16.9. The minimum atomic E-state index is 1.13. The number of hydrogen-bond donors (Lipinski definition) is 0. The van der Waals surface area contributed by atoms with Gasteiger partial charge in [0.2, 0.25) is 0 Å². The van der Waals surface area contributed by atoms with Crippen LogP contribution in [0.5, 0.6) is 0 Å². The molecule has 0 radical (unpaired) electrons. The van der Waals surface area contributed by atoms with Crippen molar-refractivity contribution in [1.82, 2.24) is 0 Å². The van der Waals surface area contributed by atoms with E-state index in [0.29, 0.717) is 0 Å². The molecule has 4 rings (SSSR count). The maximum absolute atomic E-state index is 2.12. The summed E-state index contributed by atoms with van der Waals surface area (Å²) < 4.78 is 0. The summed E-state index contributed by atoms with van der Waals surface area (Å²) in [5.74, 6) is 10.1. The van der Waals surface area contributed by atoms with E-state index in [1.54, 1.807) is 0 Å². The lowest BCUT2D eigenvalue weighted by atomic mass is 10.2. The van der Waals surface area contributed by atoms with Crippen molar-refractivity contribution in [2.24, 2.45) is 23.7 Å². The molecule has 0 spiro atoms. The van der Waals surface area contributed by atoms with Gasteiger partial charge in [0.15, 0.2) is 0 Å². The van der Waals surface area contributed by atoms with E-state index in [1.807, 2.05) is 0 Å². The molecule has 0 amide bonds. The monoisotopic (exact) mass is 488 g/mol. The Hall–Kier alpha value is 1.40. The average molecular weight is 489 g/mol. The Morgan fingerprint density at radius 2 is 0.600 bits per heavy atom. The molecule has 0 aromatic heterocycles. The molecule has 0 aromatic rings. The molecule has 0 saturated heterocycles. The van der Waals surface area contributed by atoms with Crippen molar-refractivity contribution < 1.29 is 0 Å². The largest absolute Gasteiger partial charge is 0.0942 e. The predicted molar refractivity (Wildman–Crippen MR) is 147 cm³/mol. The predicted octanol–water partition coefficient (Wildman–Crippen LogP) is 10.3. The minimum absolute atomic E-state index is 1.13. The summed E-state index contributed by atoms with van der Waals surface area (Å²) in [7, 11) is 8.46. The van der Waals surface area contributed by atoms with Crippen LogP contribution in [0.25, 0.3) is 0 Å². The summed E-state index contributed by atoms with van der Waals surface area (Å²) in [6.45, 7) is 0. The molecule has 0 heterocycles. The lowest BCUT2D eigenvalue weighted by molar-refractivity contribution is 0.658. The highest BCUT2D eigenvalue weighted by Crippen LogP contribution is 2.37. The SMILES string of the molecule is C(CCC1CC1)CSSCCCCC1CC1.C(CSSCCCC1CC1)CC1CC1. The zero-order chi connectivity index (χ0) is 20.7. The highest BCUT2D eigenvalue weighted by atomic mass is 33.1. The van der Waals surface area contributed by atoms with Crippen molar-refractivity contribution in [3.05, 3.63) is 0 Å². The molecule has 0 N–H and O–H groups in total. The van der Waals surface area contributed by atoms with E-state index >= 15 is 0 Å². The molecule has 4 fully saturated rings. The van der Waals surface area contributed by atoms with Crippen LogP contribution in [0, 0.1) is 23.7 Å².